The van der Waals surface area contributed by atoms with Crippen molar-refractivity contribution in [3.8, 4) is 0 Å². The number of allylic oxidation sites excluding steroid dienone is 1. The molecule has 0 aliphatic carbocycles. The summed E-state index contributed by atoms with van der Waals surface area (Å²) in [5.74, 6) is -2.06. The Hall–Kier alpha value is -1.32. The summed E-state index contributed by atoms with van der Waals surface area (Å²) in [6.45, 7) is 5.05. The highest BCUT2D eigenvalue weighted by atomic mass is 19.1. The van der Waals surface area contributed by atoms with Crippen LogP contribution >= 0.6 is 0 Å². The van der Waals surface area contributed by atoms with Crippen LogP contribution in [-0.4, -0.2) is 9.97 Å². The summed E-state index contributed by atoms with van der Waals surface area (Å²) in [4.78, 5) is 6.49. The summed E-state index contributed by atoms with van der Waals surface area (Å²) in [5, 5.41) is 0. The number of nitrogens with zero attached hydrogens (tertiary/aromatic N) is 2. The second kappa shape index (κ2) is 3.38. The first-order chi connectivity index (χ1) is 5.66. The van der Waals surface area contributed by atoms with Crippen molar-refractivity contribution in [2.24, 2.45) is 0 Å². The molecule has 0 aliphatic rings. The van der Waals surface area contributed by atoms with Gasteiger partial charge < -0.3 is 0 Å². The van der Waals surface area contributed by atoms with Crippen molar-refractivity contribution < 1.29 is 8.78 Å². The molecule has 0 spiro atoms. The quantitative estimate of drug-likeness (QED) is 0.501. The fraction of sp³-hybridized carbons (Fsp3) is 0.250. The van der Waals surface area contributed by atoms with Crippen LogP contribution in [0.5, 0.6) is 0 Å². The topological polar surface area (TPSA) is 25.8 Å². The maximum atomic E-state index is 12.8. The lowest BCUT2D eigenvalue weighted by atomic mass is 10.0. The van der Waals surface area contributed by atoms with Crippen LogP contribution in [0.4, 0.5) is 8.78 Å². The van der Waals surface area contributed by atoms with E-state index in [-0.39, 0.29) is 5.56 Å². The maximum absolute atomic E-state index is 12.8. The van der Waals surface area contributed by atoms with Crippen LogP contribution in [0.2, 0.25) is 0 Å². The van der Waals surface area contributed by atoms with Crippen molar-refractivity contribution in [1.82, 2.24) is 9.97 Å². The van der Waals surface area contributed by atoms with Crippen molar-refractivity contribution >= 4 is 0 Å². The van der Waals surface area contributed by atoms with E-state index in [1.165, 1.54) is 6.08 Å². The molecule has 64 valence electrons. The Morgan fingerprint density at radius 2 is 1.92 bits per heavy atom. The standard InChI is InChI=1S/C8H8F2N2/c1-3-5(2)6-7(9)11-4-12-8(6)10/h3-5H,1H2,2H3. The summed E-state index contributed by atoms with van der Waals surface area (Å²) in [7, 11) is 0. The molecule has 0 radical (unpaired) electrons. The average Bonchev–Trinajstić information content (AvgIpc) is 2.03. The van der Waals surface area contributed by atoms with Gasteiger partial charge in [0.2, 0.25) is 11.9 Å². The van der Waals surface area contributed by atoms with E-state index in [0.717, 1.165) is 6.33 Å². The Labute approximate surface area is 69.0 Å². The molecule has 0 fully saturated rings. The van der Waals surface area contributed by atoms with Gasteiger partial charge in [0.15, 0.2) is 0 Å². The summed E-state index contributed by atoms with van der Waals surface area (Å²) >= 11 is 0. The molecular formula is C8H8F2N2. The van der Waals surface area contributed by atoms with Crippen LogP contribution in [0.3, 0.4) is 0 Å². The van der Waals surface area contributed by atoms with E-state index in [4.69, 9.17) is 0 Å². The highest BCUT2D eigenvalue weighted by Gasteiger charge is 2.15. The van der Waals surface area contributed by atoms with E-state index < -0.39 is 17.8 Å². The van der Waals surface area contributed by atoms with E-state index in [1.54, 1.807) is 6.92 Å². The van der Waals surface area contributed by atoms with Gasteiger partial charge in [0, 0.05) is 5.92 Å². The van der Waals surface area contributed by atoms with Crippen molar-refractivity contribution in [1.29, 1.82) is 0 Å². The molecule has 0 saturated carbocycles. The Balaban J connectivity index is 3.20. The van der Waals surface area contributed by atoms with Gasteiger partial charge in [-0.05, 0) is 0 Å². The third-order valence-corrected chi connectivity index (χ3v) is 1.60. The monoisotopic (exact) mass is 170 g/mol. The Bertz CT molecular complexity index is 279. The molecule has 1 aromatic rings. The smallest absolute Gasteiger partial charge is 0.208 e. The van der Waals surface area contributed by atoms with Crippen LogP contribution in [0.25, 0.3) is 0 Å². The summed E-state index contributed by atoms with van der Waals surface area (Å²) in [5.41, 5.74) is -0.132. The fourth-order valence-electron chi connectivity index (χ4n) is 0.848. The first kappa shape index (κ1) is 8.77. The molecule has 0 N–H and O–H groups in total. The van der Waals surface area contributed by atoms with Gasteiger partial charge in [0.1, 0.15) is 6.33 Å². The van der Waals surface area contributed by atoms with Gasteiger partial charge >= 0.3 is 0 Å². The minimum absolute atomic E-state index is 0.132. The zero-order valence-corrected chi connectivity index (χ0v) is 6.59. The molecule has 0 bridgehead atoms. The molecule has 0 aromatic carbocycles. The Morgan fingerprint density at radius 1 is 1.42 bits per heavy atom. The molecule has 0 aliphatic heterocycles. The molecule has 2 nitrogen and oxygen atoms in total. The lowest BCUT2D eigenvalue weighted by Crippen LogP contribution is -2.03. The third-order valence-electron chi connectivity index (χ3n) is 1.60. The SMILES string of the molecule is C=CC(C)c1c(F)ncnc1F. The van der Waals surface area contributed by atoms with E-state index in [2.05, 4.69) is 16.5 Å². The van der Waals surface area contributed by atoms with Crippen LogP contribution in [-0.2, 0) is 0 Å². The van der Waals surface area contributed by atoms with Crippen LogP contribution in [0.1, 0.15) is 18.4 Å². The van der Waals surface area contributed by atoms with Gasteiger partial charge in [0.05, 0.1) is 5.56 Å². The van der Waals surface area contributed by atoms with Gasteiger partial charge in [-0.15, -0.1) is 6.58 Å². The number of hydrogen-bond acceptors (Lipinski definition) is 2. The first-order valence-corrected chi connectivity index (χ1v) is 3.45. The van der Waals surface area contributed by atoms with Gasteiger partial charge in [-0.3, -0.25) is 0 Å². The zero-order chi connectivity index (χ0) is 9.14. The second-order valence-corrected chi connectivity index (χ2v) is 2.39. The molecule has 1 unspecified atom stereocenters. The van der Waals surface area contributed by atoms with Gasteiger partial charge in [-0.1, -0.05) is 13.0 Å². The third kappa shape index (κ3) is 1.47. The average molecular weight is 170 g/mol. The van der Waals surface area contributed by atoms with Gasteiger partial charge in [0.25, 0.3) is 0 Å². The highest BCUT2D eigenvalue weighted by Crippen LogP contribution is 2.19. The molecule has 1 aromatic heterocycles. The number of hydrogen-bond donors (Lipinski definition) is 0. The van der Waals surface area contributed by atoms with Crippen molar-refractivity contribution in [3.05, 3.63) is 36.4 Å². The molecule has 0 saturated heterocycles. The summed E-state index contributed by atoms with van der Waals surface area (Å²) in [6, 6.07) is 0. The van der Waals surface area contributed by atoms with E-state index in [0.29, 0.717) is 0 Å². The number of halogens is 2. The van der Waals surface area contributed by atoms with Crippen LogP contribution in [0, 0.1) is 11.9 Å². The summed E-state index contributed by atoms with van der Waals surface area (Å²) in [6.07, 6.45) is 2.29. The molecule has 1 atom stereocenters. The molecule has 12 heavy (non-hydrogen) atoms. The lowest BCUT2D eigenvalue weighted by Gasteiger charge is -2.05. The minimum Gasteiger partial charge on any atom is -0.208 e. The second-order valence-electron chi connectivity index (χ2n) is 2.39. The predicted molar refractivity (Wildman–Crippen MR) is 40.6 cm³/mol. The van der Waals surface area contributed by atoms with Crippen molar-refractivity contribution in [3.63, 3.8) is 0 Å². The lowest BCUT2D eigenvalue weighted by molar-refractivity contribution is 0.494. The molecular weight excluding hydrogens is 162 g/mol. The molecule has 1 rings (SSSR count). The van der Waals surface area contributed by atoms with E-state index in [9.17, 15) is 8.78 Å². The maximum Gasteiger partial charge on any atom is 0.222 e. The van der Waals surface area contributed by atoms with Crippen molar-refractivity contribution in [2.45, 2.75) is 12.8 Å². The molecule has 0 amide bonds. The van der Waals surface area contributed by atoms with Crippen LogP contribution in [0.15, 0.2) is 19.0 Å². The van der Waals surface area contributed by atoms with Crippen molar-refractivity contribution in [2.75, 3.05) is 0 Å². The van der Waals surface area contributed by atoms with E-state index in [1.807, 2.05) is 0 Å². The predicted octanol–water partition coefficient (Wildman–Crippen LogP) is 2.04. The molecule has 4 heteroatoms. The minimum atomic E-state index is -0.824. The number of rotatable bonds is 2. The zero-order valence-electron chi connectivity index (χ0n) is 6.59. The first-order valence-electron chi connectivity index (χ1n) is 3.45. The Kier molecular flexibility index (Phi) is 2.47. The van der Waals surface area contributed by atoms with Gasteiger partial charge in [-0.25, -0.2) is 9.97 Å². The van der Waals surface area contributed by atoms with Crippen LogP contribution < -0.4 is 0 Å². The molecule has 1 heterocycles. The Morgan fingerprint density at radius 3 is 2.33 bits per heavy atom. The largest absolute Gasteiger partial charge is 0.222 e. The normalized spacial score (nSPS) is 12.6. The highest BCUT2D eigenvalue weighted by molar-refractivity contribution is 5.17. The number of aromatic nitrogens is 2. The fourth-order valence-corrected chi connectivity index (χ4v) is 0.848. The van der Waals surface area contributed by atoms with E-state index >= 15 is 0 Å². The summed E-state index contributed by atoms with van der Waals surface area (Å²) < 4.78 is 25.7. The van der Waals surface area contributed by atoms with Gasteiger partial charge in [-0.2, -0.15) is 8.78 Å².